The molecule has 38 heavy (non-hydrogen) atoms. The molecule has 7 heteroatoms. The highest BCUT2D eigenvalue weighted by Gasteiger charge is 2.28. The van der Waals surface area contributed by atoms with Gasteiger partial charge in [0.05, 0.1) is 22.1 Å². The van der Waals surface area contributed by atoms with Crippen molar-refractivity contribution >= 4 is 34.1 Å². The molecule has 0 fully saturated rings. The van der Waals surface area contributed by atoms with Crippen LogP contribution >= 0.6 is 23.2 Å². The summed E-state index contributed by atoms with van der Waals surface area (Å²) in [4.78, 5) is 5.57. The maximum atomic E-state index is 14.0. The van der Waals surface area contributed by atoms with Crippen LogP contribution in [0.1, 0.15) is 41.8 Å². The summed E-state index contributed by atoms with van der Waals surface area (Å²) in [7, 11) is 0. The highest BCUT2D eigenvalue weighted by atomic mass is 35.5. The SMILES string of the molecule is CCc1cccc(CC)c1-n1nc2c(c1-c1ccc3[nH]cc(Cl)c3c1)CN(Cc1cc(F)ccc1Cl)CC2. The third-order valence-corrected chi connectivity index (χ3v) is 8.28. The average molecular weight is 548 g/mol. The molecule has 0 amide bonds. The number of nitrogens with one attached hydrogen (secondary N) is 1. The van der Waals surface area contributed by atoms with E-state index in [-0.39, 0.29) is 5.82 Å². The van der Waals surface area contributed by atoms with Gasteiger partial charge in [-0.2, -0.15) is 5.10 Å². The van der Waals surface area contributed by atoms with Crippen molar-refractivity contribution in [1.29, 1.82) is 0 Å². The lowest BCUT2D eigenvalue weighted by atomic mass is 9.98. The minimum atomic E-state index is -0.268. The van der Waals surface area contributed by atoms with Gasteiger partial charge < -0.3 is 4.98 Å². The Balaban J connectivity index is 1.52. The molecule has 0 saturated heterocycles. The molecule has 0 bridgehead atoms. The van der Waals surface area contributed by atoms with E-state index in [2.05, 4.69) is 64.8 Å². The van der Waals surface area contributed by atoms with Crippen molar-refractivity contribution in [2.75, 3.05) is 6.54 Å². The molecule has 5 aromatic rings. The van der Waals surface area contributed by atoms with Gasteiger partial charge in [-0.1, -0.05) is 61.3 Å². The predicted molar refractivity (Wildman–Crippen MR) is 154 cm³/mol. The van der Waals surface area contributed by atoms with Gasteiger partial charge in [0.1, 0.15) is 5.82 Å². The molecule has 0 unspecified atom stereocenters. The Hall–Kier alpha value is -3.12. The van der Waals surface area contributed by atoms with Crippen LogP contribution in [-0.2, 0) is 32.4 Å². The molecule has 0 radical (unpaired) electrons. The smallest absolute Gasteiger partial charge is 0.123 e. The van der Waals surface area contributed by atoms with Crippen LogP contribution in [0.2, 0.25) is 10.0 Å². The van der Waals surface area contributed by atoms with Gasteiger partial charge in [-0.15, -0.1) is 0 Å². The van der Waals surface area contributed by atoms with Crippen LogP contribution in [0, 0.1) is 5.82 Å². The molecular weight excluding hydrogens is 518 g/mol. The molecule has 1 aliphatic rings. The highest BCUT2D eigenvalue weighted by Crippen LogP contribution is 2.37. The summed E-state index contributed by atoms with van der Waals surface area (Å²) in [6, 6.07) is 17.5. The molecule has 2 aromatic heterocycles. The van der Waals surface area contributed by atoms with E-state index in [9.17, 15) is 4.39 Å². The Labute approximate surface area is 232 Å². The van der Waals surface area contributed by atoms with Gasteiger partial charge in [-0.05, 0) is 59.9 Å². The Bertz CT molecular complexity index is 1630. The van der Waals surface area contributed by atoms with E-state index in [1.165, 1.54) is 34.5 Å². The molecule has 0 atom stereocenters. The van der Waals surface area contributed by atoms with E-state index in [0.29, 0.717) is 23.1 Å². The van der Waals surface area contributed by atoms with E-state index in [4.69, 9.17) is 28.3 Å². The molecular formula is C31H29Cl2FN4. The summed E-state index contributed by atoms with van der Waals surface area (Å²) in [6.07, 6.45) is 4.47. The van der Waals surface area contributed by atoms with E-state index < -0.39 is 0 Å². The first kappa shape index (κ1) is 25.2. The fourth-order valence-corrected chi connectivity index (χ4v) is 6.04. The predicted octanol–water partition coefficient (Wildman–Crippen LogP) is 8.15. The van der Waals surface area contributed by atoms with E-state index in [0.717, 1.165) is 59.2 Å². The van der Waals surface area contributed by atoms with Crippen LogP contribution in [0.15, 0.2) is 60.8 Å². The highest BCUT2D eigenvalue weighted by molar-refractivity contribution is 6.35. The molecule has 194 valence electrons. The third-order valence-electron chi connectivity index (χ3n) is 7.60. The van der Waals surface area contributed by atoms with Gasteiger partial charge in [-0.3, -0.25) is 4.90 Å². The summed E-state index contributed by atoms with van der Waals surface area (Å²) in [6.45, 7) is 6.49. The van der Waals surface area contributed by atoms with Crippen LogP contribution in [0.3, 0.4) is 0 Å². The number of H-pyrrole nitrogens is 1. The van der Waals surface area contributed by atoms with Gasteiger partial charge in [0, 0.05) is 59.3 Å². The van der Waals surface area contributed by atoms with Crippen molar-refractivity contribution < 1.29 is 4.39 Å². The number of aromatic amines is 1. The molecule has 0 aliphatic carbocycles. The molecule has 0 spiro atoms. The van der Waals surface area contributed by atoms with Crippen molar-refractivity contribution in [3.63, 3.8) is 0 Å². The Kier molecular flexibility index (Phi) is 6.77. The molecule has 3 aromatic carbocycles. The fourth-order valence-electron chi connectivity index (χ4n) is 5.65. The van der Waals surface area contributed by atoms with Crippen molar-refractivity contribution in [2.24, 2.45) is 0 Å². The monoisotopic (exact) mass is 546 g/mol. The van der Waals surface area contributed by atoms with Crippen LogP contribution in [-0.4, -0.2) is 26.2 Å². The van der Waals surface area contributed by atoms with Crippen LogP contribution < -0.4 is 0 Å². The molecule has 4 nitrogen and oxygen atoms in total. The van der Waals surface area contributed by atoms with Gasteiger partial charge in [0.15, 0.2) is 0 Å². The van der Waals surface area contributed by atoms with Crippen molar-refractivity contribution in [3.8, 4) is 16.9 Å². The number of aryl methyl sites for hydroxylation is 2. The molecule has 1 N–H and O–H groups in total. The van der Waals surface area contributed by atoms with Crippen LogP contribution in [0.4, 0.5) is 4.39 Å². The molecule has 6 rings (SSSR count). The van der Waals surface area contributed by atoms with E-state index in [1.54, 1.807) is 6.07 Å². The second-order valence-electron chi connectivity index (χ2n) is 9.91. The summed E-state index contributed by atoms with van der Waals surface area (Å²) in [5.41, 5.74) is 9.98. The number of aromatic nitrogens is 3. The number of para-hydroxylation sites is 1. The zero-order valence-corrected chi connectivity index (χ0v) is 23.0. The van der Waals surface area contributed by atoms with Gasteiger partial charge in [0.2, 0.25) is 0 Å². The zero-order valence-electron chi connectivity index (χ0n) is 21.5. The Morgan fingerprint density at radius 2 is 1.74 bits per heavy atom. The van der Waals surface area contributed by atoms with E-state index in [1.807, 2.05) is 6.20 Å². The average Bonchev–Trinajstić information content (AvgIpc) is 3.49. The van der Waals surface area contributed by atoms with Crippen LogP contribution in [0.25, 0.3) is 27.8 Å². The molecule has 0 saturated carbocycles. The maximum Gasteiger partial charge on any atom is 0.123 e. The standard InChI is InChI=1S/C31H29Cl2FN4/c1-3-19-6-5-7-20(4-2)30(19)38-31(21-8-11-28-24(15-21)27(33)16-35-28)25-18-37(13-12-29(25)36-38)17-22-14-23(34)9-10-26(22)32/h5-11,14-16,35H,3-4,12-13,17-18H2,1-2H3. The van der Waals surface area contributed by atoms with E-state index >= 15 is 0 Å². The minimum absolute atomic E-state index is 0.268. The lowest BCUT2D eigenvalue weighted by molar-refractivity contribution is 0.245. The fraction of sp³-hybridized carbons (Fsp3) is 0.258. The number of benzene rings is 3. The summed E-state index contributed by atoms with van der Waals surface area (Å²) in [5.74, 6) is -0.268. The first-order valence-corrected chi connectivity index (χ1v) is 13.9. The third kappa shape index (κ3) is 4.43. The number of hydrogen-bond donors (Lipinski definition) is 1. The zero-order chi connectivity index (χ0) is 26.4. The lowest BCUT2D eigenvalue weighted by Gasteiger charge is -2.27. The first-order valence-electron chi connectivity index (χ1n) is 13.1. The topological polar surface area (TPSA) is 36.9 Å². The number of rotatable bonds is 6. The number of fused-ring (bicyclic) bond motifs is 2. The normalized spacial score (nSPS) is 13.8. The van der Waals surface area contributed by atoms with Gasteiger partial charge in [0.25, 0.3) is 0 Å². The second-order valence-corrected chi connectivity index (χ2v) is 10.7. The summed E-state index contributed by atoms with van der Waals surface area (Å²) < 4.78 is 16.2. The van der Waals surface area contributed by atoms with Crippen molar-refractivity contribution in [3.05, 3.63) is 105 Å². The Morgan fingerprint density at radius 3 is 2.50 bits per heavy atom. The maximum absolute atomic E-state index is 14.0. The van der Waals surface area contributed by atoms with Gasteiger partial charge >= 0.3 is 0 Å². The van der Waals surface area contributed by atoms with Gasteiger partial charge in [-0.25, -0.2) is 9.07 Å². The quantitative estimate of drug-likeness (QED) is 0.233. The van der Waals surface area contributed by atoms with Crippen LogP contribution in [0.5, 0.6) is 0 Å². The molecule has 3 heterocycles. The number of nitrogens with zero attached hydrogens (tertiary/aromatic N) is 3. The minimum Gasteiger partial charge on any atom is -0.360 e. The van der Waals surface area contributed by atoms with Crippen molar-refractivity contribution in [1.82, 2.24) is 19.7 Å². The largest absolute Gasteiger partial charge is 0.360 e. The first-order chi connectivity index (χ1) is 18.5. The number of hydrogen-bond acceptors (Lipinski definition) is 2. The van der Waals surface area contributed by atoms with Crippen molar-refractivity contribution in [2.45, 2.75) is 46.2 Å². The Morgan fingerprint density at radius 1 is 0.947 bits per heavy atom. The molecule has 1 aliphatic heterocycles. The summed E-state index contributed by atoms with van der Waals surface area (Å²) in [5, 5.41) is 7.52. The lowest BCUT2D eigenvalue weighted by Crippen LogP contribution is -2.30. The number of halogens is 3. The second kappa shape index (κ2) is 10.2. The summed E-state index contributed by atoms with van der Waals surface area (Å²) >= 11 is 13.0.